The minimum absolute atomic E-state index is 0.0370. The third-order valence-electron chi connectivity index (χ3n) is 3.44. The van der Waals surface area contributed by atoms with Crippen molar-refractivity contribution in [2.75, 3.05) is 7.11 Å². The lowest BCUT2D eigenvalue weighted by Crippen LogP contribution is -2.41. The third-order valence-corrected chi connectivity index (χ3v) is 3.44. The molecule has 0 spiro atoms. The largest absolute Gasteiger partial charge is 0.378 e. The Balaban J connectivity index is 1.99. The highest BCUT2D eigenvalue weighted by Crippen LogP contribution is 2.41. The van der Waals surface area contributed by atoms with Crippen molar-refractivity contribution in [1.29, 1.82) is 0 Å². The first-order chi connectivity index (χ1) is 7.15. The molecule has 0 saturated heterocycles. The first kappa shape index (κ1) is 10.6. The molecule has 0 amide bonds. The molecule has 84 valence electrons. The van der Waals surface area contributed by atoms with Crippen LogP contribution in [0.5, 0.6) is 0 Å². The second-order valence-electron chi connectivity index (χ2n) is 4.50. The summed E-state index contributed by atoms with van der Waals surface area (Å²) >= 11 is 0. The fourth-order valence-corrected chi connectivity index (χ4v) is 2.21. The number of hydrogen-bond acceptors (Lipinski definition) is 3. The maximum Gasteiger partial charge on any atom is 0.0696 e. The number of aromatic nitrogens is 2. The summed E-state index contributed by atoms with van der Waals surface area (Å²) in [5.41, 5.74) is 7.28. The fourth-order valence-electron chi connectivity index (χ4n) is 2.21. The van der Waals surface area contributed by atoms with Gasteiger partial charge in [0.15, 0.2) is 0 Å². The molecule has 4 nitrogen and oxygen atoms in total. The molecular formula is C11H19N3O. The second kappa shape index (κ2) is 3.94. The molecule has 1 atom stereocenters. The highest BCUT2D eigenvalue weighted by atomic mass is 16.5. The molecule has 2 rings (SSSR count). The average Bonchev–Trinajstić information content (AvgIpc) is 2.58. The summed E-state index contributed by atoms with van der Waals surface area (Å²) in [6.45, 7) is 0. The maximum atomic E-state index is 6.15. The van der Waals surface area contributed by atoms with Gasteiger partial charge in [0.1, 0.15) is 0 Å². The van der Waals surface area contributed by atoms with Crippen molar-refractivity contribution >= 4 is 0 Å². The van der Waals surface area contributed by atoms with Crippen LogP contribution in [0.4, 0.5) is 0 Å². The van der Waals surface area contributed by atoms with Crippen LogP contribution in [0.3, 0.4) is 0 Å². The number of nitrogens with two attached hydrogens (primary N) is 1. The topological polar surface area (TPSA) is 53.1 Å². The van der Waals surface area contributed by atoms with E-state index < -0.39 is 0 Å². The van der Waals surface area contributed by atoms with E-state index in [1.807, 2.05) is 19.4 Å². The van der Waals surface area contributed by atoms with Gasteiger partial charge in [-0.3, -0.25) is 4.68 Å². The smallest absolute Gasteiger partial charge is 0.0696 e. The predicted octanol–water partition coefficient (Wildman–Crippen LogP) is 1.38. The molecule has 4 heteroatoms. The molecule has 1 aliphatic carbocycles. The van der Waals surface area contributed by atoms with Crippen LogP contribution >= 0.6 is 0 Å². The average molecular weight is 209 g/mol. The summed E-state index contributed by atoms with van der Waals surface area (Å²) in [4.78, 5) is 0. The zero-order chi connectivity index (χ0) is 10.9. The van der Waals surface area contributed by atoms with Gasteiger partial charge in [-0.15, -0.1) is 0 Å². The van der Waals surface area contributed by atoms with Gasteiger partial charge in [0.25, 0.3) is 0 Å². The van der Waals surface area contributed by atoms with Gasteiger partial charge in [-0.1, -0.05) is 0 Å². The molecule has 0 aliphatic heterocycles. The summed E-state index contributed by atoms with van der Waals surface area (Å²) in [5, 5.41) is 4.13. The van der Waals surface area contributed by atoms with Gasteiger partial charge < -0.3 is 10.5 Å². The zero-order valence-corrected chi connectivity index (χ0v) is 9.44. The van der Waals surface area contributed by atoms with Crippen molar-refractivity contribution in [1.82, 2.24) is 9.78 Å². The van der Waals surface area contributed by atoms with Crippen molar-refractivity contribution in [3.63, 3.8) is 0 Å². The Kier molecular flexibility index (Phi) is 2.80. The van der Waals surface area contributed by atoms with Crippen LogP contribution in [0.25, 0.3) is 0 Å². The summed E-state index contributed by atoms with van der Waals surface area (Å²) in [5.74, 6) is 0. The normalized spacial score (nSPS) is 21.0. The molecule has 1 unspecified atom stereocenters. The first-order valence-electron chi connectivity index (χ1n) is 5.44. The lowest BCUT2D eigenvalue weighted by atomic mass is 9.75. The van der Waals surface area contributed by atoms with E-state index in [4.69, 9.17) is 10.5 Å². The van der Waals surface area contributed by atoms with Crippen molar-refractivity contribution in [3.8, 4) is 0 Å². The summed E-state index contributed by atoms with van der Waals surface area (Å²) in [6.07, 6.45) is 8.25. The van der Waals surface area contributed by atoms with Gasteiger partial charge in [-0.25, -0.2) is 0 Å². The van der Waals surface area contributed by atoms with Gasteiger partial charge in [0.05, 0.1) is 11.8 Å². The summed E-state index contributed by atoms with van der Waals surface area (Å²) < 4.78 is 7.35. The Bertz CT molecular complexity index is 325. The van der Waals surface area contributed by atoms with Crippen LogP contribution in [0.2, 0.25) is 0 Å². The van der Waals surface area contributed by atoms with Crippen molar-refractivity contribution in [3.05, 3.63) is 18.0 Å². The minimum atomic E-state index is 0.0370. The molecule has 0 aromatic carbocycles. The monoisotopic (exact) mass is 209 g/mol. The number of methoxy groups -OCH3 is 1. The van der Waals surface area contributed by atoms with E-state index in [1.165, 1.54) is 6.42 Å². The van der Waals surface area contributed by atoms with Crippen LogP contribution in [-0.4, -0.2) is 22.5 Å². The molecule has 1 aromatic heterocycles. The molecule has 1 saturated carbocycles. The Morgan fingerprint density at radius 2 is 2.40 bits per heavy atom. The highest BCUT2D eigenvalue weighted by molar-refractivity contribution is 5.11. The van der Waals surface area contributed by atoms with Gasteiger partial charge in [0, 0.05) is 32.0 Å². The van der Waals surface area contributed by atoms with Crippen LogP contribution in [-0.2, 0) is 11.8 Å². The van der Waals surface area contributed by atoms with Gasteiger partial charge in [0.2, 0.25) is 0 Å². The zero-order valence-electron chi connectivity index (χ0n) is 9.44. The number of ether oxygens (including phenoxy) is 1. The van der Waals surface area contributed by atoms with Gasteiger partial charge >= 0.3 is 0 Å². The number of rotatable bonds is 4. The van der Waals surface area contributed by atoms with E-state index in [1.54, 1.807) is 11.8 Å². The fraction of sp³-hybridized carbons (Fsp3) is 0.727. The van der Waals surface area contributed by atoms with Crippen molar-refractivity contribution in [2.24, 2.45) is 12.8 Å². The molecule has 1 aromatic rings. The van der Waals surface area contributed by atoms with Crippen LogP contribution in [0, 0.1) is 0 Å². The van der Waals surface area contributed by atoms with E-state index in [0.717, 1.165) is 24.8 Å². The molecule has 1 aliphatic rings. The molecule has 1 fully saturated rings. The number of aryl methyl sites for hydroxylation is 1. The van der Waals surface area contributed by atoms with E-state index >= 15 is 0 Å². The van der Waals surface area contributed by atoms with Crippen molar-refractivity contribution in [2.45, 2.75) is 37.3 Å². The quantitative estimate of drug-likeness (QED) is 0.815. The van der Waals surface area contributed by atoms with E-state index in [-0.39, 0.29) is 11.6 Å². The molecule has 0 radical (unpaired) electrons. The first-order valence-corrected chi connectivity index (χ1v) is 5.44. The molecule has 2 N–H and O–H groups in total. The van der Waals surface area contributed by atoms with Crippen LogP contribution in [0.15, 0.2) is 12.4 Å². The minimum Gasteiger partial charge on any atom is -0.378 e. The SMILES string of the molecule is COC1(CC(N)c2cnn(C)c2)CCC1. The van der Waals surface area contributed by atoms with Crippen LogP contribution in [0.1, 0.15) is 37.3 Å². The van der Waals surface area contributed by atoms with Crippen LogP contribution < -0.4 is 5.73 Å². The Labute approximate surface area is 90.4 Å². The molecule has 15 heavy (non-hydrogen) atoms. The Morgan fingerprint density at radius 1 is 1.67 bits per heavy atom. The molecular weight excluding hydrogens is 190 g/mol. The van der Waals surface area contributed by atoms with Crippen molar-refractivity contribution < 1.29 is 4.74 Å². The molecule has 1 heterocycles. The van der Waals surface area contributed by atoms with E-state index in [2.05, 4.69) is 5.10 Å². The predicted molar refractivity (Wildman–Crippen MR) is 58.3 cm³/mol. The lowest BCUT2D eigenvalue weighted by molar-refractivity contribution is -0.0817. The standard InChI is InChI=1S/C11H19N3O/c1-14-8-9(7-13-14)10(12)6-11(15-2)4-3-5-11/h7-8,10H,3-6,12H2,1-2H3. The van der Waals surface area contributed by atoms with Gasteiger partial charge in [-0.05, 0) is 25.7 Å². The number of hydrogen-bond donors (Lipinski definition) is 1. The molecule has 0 bridgehead atoms. The Hall–Kier alpha value is -0.870. The third kappa shape index (κ3) is 2.06. The second-order valence-corrected chi connectivity index (χ2v) is 4.50. The Morgan fingerprint density at radius 3 is 2.80 bits per heavy atom. The van der Waals surface area contributed by atoms with Gasteiger partial charge in [-0.2, -0.15) is 5.10 Å². The highest BCUT2D eigenvalue weighted by Gasteiger charge is 2.38. The number of nitrogens with zero attached hydrogens (tertiary/aromatic N) is 2. The van der Waals surface area contributed by atoms with E-state index in [9.17, 15) is 0 Å². The van der Waals surface area contributed by atoms with E-state index in [0.29, 0.717) is 0 Å². The lowest BCUT2D eigenvalue weighted by Gasteiger charge is -2.42. The maximum absolute atomic E-state index is 6.15. The summed E-state index contributed by atoms with van der Waals surface area (Å²) in [6, 6.07) is 0.0407. The summed E-state index contributed by atoms with van der Waals surface area (Å²) in [7, 11) is 3.70.